The number of H-pyrrole nitrogens is 2. The van der Waals surface area contributed by atoms with Crippen molar-refractivity contribution < 1.29 is 9.90 Å². The Morgan fingerprint density at radius 2 is 2.07 bits per heavy atom. The molecule has 0 spiro atoms. The largest absolute Gasteiger partial charge is 0.393 e. The topological polar surface area (TPSA) is 133 Å². The van der Waals surface area contributed by atoms with Gasteiger partial charge in [-0.25, -0.2) is 4.98 Å². The number of rotatable bonds is 2. The van der Waals surface area contributed by atoms with Gasteiger partial charge in [-0.3, -0.25) is 14.0 Å². The maximum absolute atomic E-state index is 12.3. The quantitative estimate of drug-likeness (QED) is 0.412. The number of aryl methyl sites for hydroxylation is 1. The second-order valence-electron chi connectivity index (χ2n) is 7.33. The smallest absolute Gasteiger partial charge is 0.254 e. The van der Waals surface area contributed by atoms with Crippen molar-refractivity contribution in [1.82, 2.24) is 19.4 Å². The Balaban J connectivity index is 1.82. The van der Waals surface area contributed by atoms with Gasteiger partial charge in [-0.1, -0.05) is 6.07 Å². The van der Waals surface area contributed by atoms with Crippen molar-refractivity contribution in [3.8, 4) is 0 Å². The lowest BCUT2D eigenvalue weighted by atomic mass is 10.1. The van der Waals surface area contributed by atoms with E-state index in [9.17, 15) is 14.7 Å². The SMILES string of the molecule is Cc1ccc(=O)c2nc3c(C(N)=O)c4[nH]c(N5CCC(O)CC5)c[nH]c4n3c12. The Hall–Kier alpha value is -3.33. The third kappa shape index (κ3) is 2.26. The highest BCUT2D eigenvalue weighted by atomic mass is 16.3. The fourth-order valence-corrected chi connectivity index (χ4v) is 4.11. The average Bonchev–Trinajstić information content (AvgIpc) is 3.20. The fourth-order valence-electron chi connectivity index (χ4n) is 4.11. The van der Waals surface area contributed by atoms with Gasteiger partial charge in [0.2, 0.25) is 5.43 Å². The molecule has 0 radical (unpaired) electrons. The number of nitrogens with one attached hydrogen (secondary N) is 2. The molecule has 5 N–H and O–H groups in total. The van der Waals surface area contributed by atoms with Crippen LogP contribution in [0.4, 0.5) is 5.82 Å². The molecular formula is C19H20N6O3. The van der Waals surface area contributed by atoms with E-state index in [0.29, 0.717) is 53.8 Å². The van der Waals surface area contributed by atoms with Crippen molar-refractivity contribution in [2.24, 2.45) is 5.73 Å². The average molecular weight is 380 g/mol. The van der Waals surface area contributed by atoms with Crippen LogP contribution in [0.5, 0.6) is 0 Å². The van der Waals surface area contributed by atoms with Crippen LogP contribution >= 0.6 is 0 Å². The molecule has 5 rings (SSSR count). The molecule has 0 bridgehead atoms. The zero-order chi connectivity index (χ0) is 19.6. The van der Waals surface area contributed by atoms with Crippen LogP contribution in [0, 0.1) is 6.92 Å². The highest BCUT2D eigenvalue weighted by Gasteiger charge is 2.25. The Morgan fingerprint density at radius 3 is 2.79 bits per heavy atom. The number of primary amides is 1. The van der Waals surface area contributed by atoms with Gasteiger partial charge in [0.25, 0.3) is 5.91 Å². The normalized spacial score (nSPS) is 15.9. The number of aromatic nitrogens is 4. The molecule has 0 saturated carbocycles. The van der Waals surface area contributed by atoms with E-state index in [0.717, 1.165) is 11.4 Å². The third-order valence-corrected chi connectivity index (χ3v) is 5.55. The number of aliphatic hydroxyl groups excluding tert-OH is 1. The third-order valence-electron chi connectivity index (χ3n) is 5.55. The number of carbonyl (C=O) groups excluding carboxylic acids is 1. The van der Waals surface area contributed by atoms with Crippen molar-refractivity contribution in [2.45, 2.75) is 25.9 Å². The van der Waals surface area contributed by atoms with E-state index >= 15 is 0 Å². The molecule has 9 nitrogen and oxygen atoms in total. The molecule has 0 aliphatic carbocycles. The Kier molecular flexibility index (Phi) is 3.50. The number of nitrogens with two attached hydrogens (primary N) is 1. The van der Waals surface area contributed by atoms with Gasteiger partial charge in [-0.2, -0.15) is 0 Å². The minimum absolute atomic E-state index is 0.194. The molecule has 1 aliphatic rings. The van der Waals surface area contributed by atoms with Crippen molar-refractivity contribution in [2.75, 3.05) is 18.0 Å². The summed E-state index contributed by atoms with van der Waals surface area (Å²) in [6.45, 7) is 3.32. The number of aromatic amines is 2. The minimum atomic E-state index is -0.615. The maximum atomic E-state index is 12.3. The monoisotopic (exact) mass is 380 g/mol. The number of anilines is 1. The van der Waals surface area contributed by atoms with Gasteiger partial charge in [0.1, 0.15) is 22.5 Å². The van der Waals surface area contributed by atoms with E-state index < -0.39 is 5.91 Å². The van der Waals surface area contributed by atoms with Crippen molar-refractivity contribution >= 4 is 39.6 Å². The number of nitrogens with zero attached hydrogens (tertiary/aromatic N) is 3. The molecule has 1 aliphatic heterocycles. The highest BCUT2D eigenvalue weighted by Crippen LogP contribution is 2.30. The number of fused-ring (bicyclic) bond motifs is 5. The molecule has 1 saturated heterocycles. The molecule has 1 amide bonds. The molecule has 144 valence electrons. The molecule has 0 atom stereocenters. The fraction of sp³-hybridized carbons (Fsp3) is 0.316. The highest BCUT2D eigenvalue weighted by molar-refractivity contribution is 6.12. The van der Waals surface area contributed by atoms with Crippen LogP contribution in [0.2, 0.25) is 0 Å². The van der Waals surface area contributed by atoms with E-state index in [1.807, 2.05) is 13.1 Å². The summed E-state index contributed by atoms with van der Waals surface area (Å²) in [4.78, 5) is 37.7. The van der Waals surface area contributed by atoms with E-state index in [4.69, 9.17) is 5.73 Å². The van der Waals surface area contributed by atoms with E-state index in [1.165, 1.54) is 6.07 Å². The van der Waals surface area contributed by atoms with Crippen molar-refractivity contribution in [1.29, 1.82) is 0 Å². The Labute approximate surface area is 158 Å². The summed E-state index contributed by atoms with van der Waals surface area (Å²) in [5.41, 5.74) is 9.15. The second-order valence-corrected chi connectivity index (χ2v) is 7.33. The van der Waals surface area contributed by atoms with Crippen LogP contribution in [0.25, 0.3) is 27.8 Å². The number of hydrogen-bond acceptors (Lipinski definition) is 5. The van der Waals surface area contributed by atoms with E-state index in [1.54, 1.807) is 10.5 Å². The zero-order valence-electron chi connectivity index (χ0n) is 15.3. The predicted octanol–water partition coefficient (Wildman–Crippen LogP) is 1.03. The van der Waals surface area contributed by atoms with Crippen LogP contribution in [-0.4, -0.2) is 49.6 Å². The van der Waals surface area contributed by atoms with Crippen LogP contribution in [0.3, 0.4) is 0 Å². The summed E-state index contributed by atoms with van der Waals surface area (Å²) >= 11 is 0. The molecule has 9 heteroatoms. The summed E-state index contributed by atoms with van der Waals surface area (Å²) in [5, 5.41) is 9.74. The van der Waals surface area contributed by atoms with Gasteiger partial charge in [0.15, 0.2) is 5.65 Å². The van der Waals surface area contributed by atoms with Gasteiger partial charge in [0, 0.05) is 19.3 Å². The number of aliphatic hydroxyl groups is 1. The molecule has 3 aromatic heterocycles. The van der Waals surface area contributed by atoms with Crippen LogP contribution in [-0.2, 0) is 0 Å². The number of benzene rings is 1. The van der Waals surface area contributed by atoms with Gasteiger partial charge < -0.3 is 25.7 Å². The second kappa shape index (κ2) is 5.83. The lowest BCUT2D eigenvalue weighted by Gasteiger charge is -2.30. The van der Waals surface area contributed by atoms with Crippen LogP contribution in [0.1, 0.15) is 28.8 Å². The molecule has 0 unspecified atom stereocenters. The van der Waals surface area contributed by atoms with Gasteiger partial charge in [-0.05, 0) is 31.4 Å². The van der Waals surface area contributed by atoms with Gasteiger partial charge >= 0.3 is 0 Å². The molecule has 1 aromatic carbocycles. The molecule has 1 fully saturated rings. The summed E-state index contributed by atoms with van der Waals surface area (Å²) in [5.74, 6) is 0.192. The Bertz CT molecular complexity index is 1310. The first-order valence-electron chi connectivity index (χ1n) is 9.23. The molecule has 4 heterocycles. The molecule has 28 heavy (non-hydrogen) atoms. The van der Waals surface area contributed by atoms with Crippen molar-refractivity contribution in [3.05, 3.63) is 39.7 Å². The first-order valence-corrected chi connectivity index (χ1v) is 9.23. The minimum Gasteiger partial charge on any atom is -0.393 e. The predicted molar refractivity (Wildman–Crippen MR) is 106 cm³/mol. The van der Waals surface area contributed by atoms with Gasteiger partial charge in [-0.15, -0.1) is 0 Å². The van der Waals surface area contributed by atoms with E-state index in [-0.39, 0.29) is 17.1 Å². The number of imidazole rings is 1. The zero-order valence-corrected chi connectivity index (χ0v) is 15.3. The first kappa shape index (κ1) is 16.8. The summed E-state index contributed by atoms with van der Waals surface area (Å²) in [6.07, 6.45) is 2.93. The molecule has 4 aromatic rings. The van der Waals surface area contributed by atoms with Gasteiger partial charge in [0.05, 0.1) is 17.1 Å². The van der Waals surface area contributed by atoms with Crippen LogP contribution in [0.15, 0.2) is 23.1 Å². The number of hydrogen-bond donors (Lipinski definition) is 4. The summed E-state index contributed by atoms with van der Waals surface area (Å²) < 4.78 is 1.78. The Morgan fingerprint density at radius 1 is 1.32 bits per heavy atom. The maximum Gasteiger partial charge on any atom is 0.254 e. The first-order chi connectivity index (χ1) is 13.5. The number of amides is 1. The number of piperidine rings is 1. The molecular weight excluding hydrogens is 360 g/mol. The van der Waals surface area contributed by atoms with E-state index in [2.05, 4.69) is 19.9 Å². The van der Waals surface area contributed by atoms with Crippen LogP contribution < -0.4 is 16.1 Å². The lowest BCUT2D eigenvalue weighted by Crippen LogP contribution is -2.36. The number of carbonyl (C=O) groups is 1. The lowest BCUT2D eigenvalue weighted by molar-refractivity contribution is 0.100. The van der Waals surface area contributed by atoms with Crippen molar-refractivity contribution in [3.63, 3.8) is 0 Å². The standard InChI is InChI=1S/C19H20N6O3/c1-9-2-3-11(27)14-16(9)25-18(23-14)13(17(20)28)15-19(25)21-8-12(22-15)24-6-4-10(26)5-7-24/h2-3,8,10,21-22,26H,4-7H2,1H3,(H2,20,28). The summed E-state index contributed by atoms with van der Waals surface area (Å²) in [6, 6.07) is 3.23. The summed E-state index contributed by atoms with van der Waals surface area (Å²) in [7, 11) is 0.